The smallest absolute Gasteiger partial charge is 0.245 e. The second-order valence-electron chi connectivity index (χ2n) is 12.1. The largest absolute Gasteiger partial charge is 0.354 e. The molecule has 0 unspecified atom stereocenters. The first kappa shape index (κ1) is 33.2. The number of hydrogen-bond acceptors (Lipinski definition) is 5. The first-order chi connectivity index (χ1) is 21.5. The van der Waals surface area contributed by atoms with E-state index in [4.69, 9.17) is 0 Å². The van der Waals surface area contributed by atoms with E-state index in [1.54, 1.807) is 6.92 Å². The highest BCUT2D eigenvalue weighted by atomic mass is 16.2. The Morgan fingerprint density at radius 2 is 1.62 bits per heavy atom. The monoisotopic (exact) mass is 616 g/mol. The van der Waals surface area contributed by atoms with E-state index in [1.807, 2.05) is 86.3 Å². The molecular formula is C34H44N6O5. The van der Waals surface area contributed by atoms with Crippen LogP contribution in [0.3, 0.4) is 0 Å². The molecule has 2 heterocycles. The molecular weight excluding hydrogens is 572 g/mol. The predicted octanol–water partition coefficient (Wildman–Crippen LogP) is 1.78. The van der Waals surface area contributed by atoms with Crippen molar-refractivity contribution in [3.8, 4) is 0 Å². The molecule has 0 spiro atoms. The van der Waals surface area contributed by atoms with Crippen molar-refractivity contribution in [2.24, 2.45) is 13.0 Å². The molecule has 2 aromatic carbocycles. The summed E-state index contributed by atoms with van der Waals surface area (Å²) in [5.74, 6) is -2.28. The fourth-order valence-electron chi connectivity index (χ4n) is 5.71. The van der Waals surface area contributed by atoms with Crippen molar-refractivity contribution in [2.45, 2.75) is 58.2 Å². The van der Waals surface area contributed by atoms with Crippen molar-refractivity contribution in [3.05, 3.63) is 71.9 Å². The molecule has 3 aromatic rings. The second kappa shape index (κ2) is 14.9. The van der Waals surface area contributed by atoms with E-state index in [0.29, 0.717) is 6.42 Å². The van der Waals surface area contributed by atoms with Crippen LogP contribution in [0.2, 0.25) is 0 Å². The number of fused-ring (bicyclic) bond motifs is 1. The highest BCUT2D eigenvalue weighted by Crippen LogP contribution is 2.22. The van der Waals surface area contributed by atoms with Crippen LogP contribution in [0, 0.1) is 5.92 Å². The van der Waals surface area contributed by atoms with Gasteiger partial charge in [0.25, 0.3) is 0 Å². The number of benzene rings is 2. The molecule has 4 rings (SSSR count). The summed E-state index contributed by atoms with van der Waals surface area (Å²) in [7, 11) is 3.41. The first-order valence-corrected chi connectivity index (χ1v) is 15.4. The summed E-state index contributed by atoms with van der Waals surface area (Å²) in [5, 5.41) is 9.47. The maximum Gasteiger partial charge on any atom is 0.245 e. The van der Waals surface area contributed by atoms with E-state index in [0.717, 1.165) is 22.0 Å². The Hall–Kier alpha value is -4.67. The van der Waals surface area contributed by atoms with Crippen LogP contribution >= 0.6 is 0 Å². The third-order valence-electron chi connectivity index (χ3n) is 8.29. The van der Waals surface area contributed by atoms with Gasteiger partial charge in [0, 0.05) is 50.7 Å². The summed E-state index contributed by atoms with van der Waals surface area (Å²) in [5.41, 5.74) is 2.72. The molecule has 0 radical (unpaired) electrons. The average Bonchev–Trinajstić information content (AvgIpc) is 3.33. The lowest BCUT2D eigenvalue weighted by Crippen LogP contribution is -2.58. The van der Waals surface area contributed by atoms with Crippen LogP contribution in [-0.4, -0.2) is 88.7 Å². The molecule has 5 amide bonds. The number of aromatic nitrogens is 1. The lowest BCUT2D eigenvalue weighted by atomic mass is 10.0. The normalized spacial score (nSPS) is 21.1. The van der Waals surface area contributed by atoms with Gasteiger partial charge in [0.2, 0.25) is 29.5 Å². The Morgan fingerprint density at radius 3 is 2.33 bits per heavy atom. The number of amides is 5. The molecule has 0 saturated carbocycles. The molecule has 11 heteroatoms. The molecule has 0 aliphatic carbocycles. The minimum atomic E-state index is -0.913. The van der Waals surface area contributed by atoms with Gasteiger partial charge in [-0.05, 0) is 36.5 Å². The zero-order valence-corrected chi connectivity index (χ0v) is 26.7. The minimum absolute atomic E-state index is 0.0891. The molecule has 1 fully saturated rings. The third kappa shape index (κ3) is 8.29. The van der Waals surface area contributed by atoms with E-state index in [9.17, 15) is 24.0 Å². The van der Waals surface area contributed by atoms with Crippen LogP contribution in [-0.2, 0) is 43.9 Å². The number of aryl methyl sites for hydroxylation is 1. The zero-order chi connectivity index (χ0) is 32.7. The molecule has 0 bridgehead atoms. The lowest BCUT2D eigenvalue weighted by Gasteiger charge is -2.32. The highest BCUT2D eigenvalue weighted by molar-refractivity contribution is 5.95. The number of nitrogens with one attached hydrogen (secondary N) is 3. The molecule has 1 aromatic heterocycles. The fourth-order valence-corrected chi connectivity index (χ4v) is 5.71. The maximum absolute atomic E-state index is 13.8. The van der Waals surface area contributed by atoms with Gasteiger partial charge in [0.1, 0.15) is 18.1 Å². The topological polar surface area (TPSA) is 133 Å². The van der Waals surface area contributed by atoms with Crippen molar-refractivity contribution in [1.29, 1.82) is 0 Å². The maximum atomic E-state index is 13.8. The number of carbonyl (C=O) groups is 5. The minimum Gasteiger partial charge on any atom is -0.354 e. The summed E-state index contributed by atoms with van der Waals surface area (Å²) in [6, 6.07) is 14.5. The van der Waals surface area contributed by atoms with E-state index in [1.165, 1.54) is 16.8 Å². The van der Waals surface area contributed by atoms with E-state index in [-0.39, 0.29) is 50.2 Å². The second-order valence-corrected chi connectivity index (χ2v) is 12.1. The lowest BCUT2D eigenvalue weighted by molar-refractivity contribution is -0.143. The van der Waals surface area contributed by atoms with Crippen LogP contribution in [0.15, 0.2) is 60.8 Å². The first-order valence-electron chi connectivity index (χ1n) is 15.4. The quantitative estimate of drug-likeness (QED) is 0.402. The van der Waals surface area contributed by atoms with Gasteiger partial charge in [0.05, 0.1) is 13.0 Å². The summed E-state index contributed by atoms with van der Waals surface area (Å²) >= 11 is 0. The number of likely N-dealkylation sites (N-methyl/N-ethyl adjacent to an activating group) is 1. The molecule has 45 heavy (non-hydrogen) atoms. The standard InChI is InChI=1S/C34H44N6O5/c1-22(2)31-34(45)39(5)21-29(41)36-27(18-24-12-7-6-8-13-24)33(44)35-16-11-17-40(23(3)32(43)37-31)30(42)19-25-20-38(4)28-15-10-9-14-26(25)28/h6-10,12-15,20,22-23,27,31H,11,16-19,21H2,1-5H3,(H,35,44)(H,36,41)(H,37,43)/t23-,27+,31+/m1/s1. The third-order valence-corrected chi connectivity index (χ3v) is 8.29. The Balaban J connectivity index is 1.60. The molecule has 1 aliphatic heterocycles. The van der Waals surface area contributed by atoms with E-state index >= 15 is 0 Å². The van der Waals surface area contributed by atoms with Crippen LogP contribution in [0.5, 0.6) is 0 Å². The summed E-state index contributed by atoms with van der Waals surface area (Å²) < 4.78 is 1.97. The zero-order valence-electron chi connectivity index (χ0n) is 26.7. The van der Waals surface area contributed by atoms with Crippen LogP contribution in [0.4, 0.5) is 0 Å². The van der Waals surface area contributed by atoms with Gasteiger partial charge in [-0.2, -0.15) is 0 Å². The number of nitrogens with zero attached hydrogens (tertiary/aromatic N) is 3. The van der Waals surface area contributed by atoms with Crippen molar-refractivity contribution >= 4 is 40.4 Å². The van der Waals surface area contributed by atoms with Crippen LogP contribution in [0.1, 0.15) is 38.3 Å². The summed E-state index contributed by atoms with van der Waals surface area (Å²) in [6.07, 6.45) is 2.67. The Bertz CT molecular complexity index is 1530. The highest BCUT2D eigenvalue weighted by Gasteiger charge is 2.33. The van der Waals surface area contributed by atoms with Crippen molar-refractivity contribution in [3.63, 3.8) is 0 Å². The van der Waals surface area contributed by atoms with Gasteiger partial charge in [-0.1, -0.05) is 62.4 Å². The summed E-state index contributed by atoms with van der Waals surface area (Å²) in [6.45, 7) is 5.41. The number of carbonyl (C=O) groups excluding carboxylic acids is 5. The molecule has 1 aliphatic rings. The van der Waals surface area contributed by atoms with Gasteiger partial charge >= 0.3 is 0 Å². The molecule has 11 nitrogen and oxygen atoms in total. The Labute approximate surface area is 264 Å². The van der Waals surface area contributed by atoms with Crippen molar-refractivity contribution in [2.75, 3.05) is 26.7 Å². The van der Waals surface area contributed by atoms with Crippen molar-refractivity contribution in [1.82, 2.24) is 30.3 Å². The molecule has 3 atom stereocenters. The van der Waals surface area contributed by atoms with Crippen molar-refractivity contribution < 1.29 is 24.0 Å². The average molecular weight is 617 g/mol. The molecule has 1 saturated heterocycles. The number of rotatable bonds is 5. The van der Waals surface area contributed by atoms with Crippen LogP contribution < -0.4 is 16.0 Å². The molecule has 240 valence electrons. The van der Waals surface area contributed by atoms with Gasteiger partial charge in [-0.25, -0.2) is 0 Å². The fraction of sp³-hybridized carbons (Fsp3) is 0.441. The van der Waals surface area contributed by atoms with Gasteiger partial charge < -0.3 is 30.3 Å². The SMILES string of the molecule is CC(C)[C@@H]1NC(=O)[C@@H](C)N(C(=O)Cc2cn(C)c3ccccc23)CCCNC(=O)[C@H](Cc2ccccc2)NC(=O)CN(C)C1=O. The van der Waals surface area contributed by atoms with E-state index in [2.05, 4.69) is 16.0 Å². The van der Waals surface area contributed by atoms with Crippen LogP contribution in [0.25, 0.3) is 10.9 Å². The number of para-hydroxylation sites is 1. The van der Waals surface area contributed by atoms with Gasteiger partial charge in [-0.15, -0.1) is 0 Å². The molecule has 3 N–H and O–H groups in total. The Morgan fingerprint density at radius 1 is 0.933 bits per heavy atom. The van der Waals surface area contributed by atoms with Gasteiger partial charge in [-0.3, -0.25) is 24.0 Å². The Kier molecular flexibility index (Phi) is 11.0. The predicted molar refractivity (Wildman–Crippen MR) is 172 cm³/mol. The van der Waals surface area contributed by atoms with E-state index < -0.39 is 35.8 Å². The number of hydrogen-bond donors (Lipinski definition) is 3. The van der Waals surface area contributed by atoms with Gasteiger partial charge in [0.15, 0.2) is 0 Å². The summed E-state index contributed by atoms with van der Waals surface area (Å²) in [4.78, 5) is 69.9.